The number of hydrogen-bond donors (Lipinski definition) is 1. The smallest absolute Gasteiger partial charge is 0.246 e. The molecule has 0 radical (unpaired) electrons. The Labute approximate surface area is 203 Å². The topological polar surface area (TPSA) is 70.0 Å². The largest absolute Gasteiger partial charge is 0.346 e. The molecule has 0 fully saturated rings. The Hall–Kier alpha value is -3.42. The maximum atomic E-state index is 12.9. The van der Waals surface area contributed by atoms with Gasteiger partial charge in [-0.3, -0.25) is 9.48 Å². The minimum Gasteiger partial charge on any atom is -0.346 e. The molecule has 1 amide bonds. The summed E-state index contributed by atoms with van der Waals surface area (Å²) in [5.41, 5.74) is 6.96. The molecule has 1 aliphatic heterocycles. The standard InChI is InChI=1S/C26H27ClN6O/c1-17-15-29-26-23(17)20(10-11-28-26)24-21-16-32(22(34)5-4-12-31(2)3)13-14-33(21)30-25(24)18-6-8-19(27)9-7-18/h4-11,15H,12-14,16H2,1-3H3,(H,28,29)/b5-4+. The predicted molar refractivity (Wildman–Crippen MR) is 136 cm³/mol. The van der Waals surface area contributed by atoms with Gasteiger partial charge < -0.3 is 14.8 Å². The van der Waals surface area contributed by atoms with Crippen molar-refractivity contribution in [2.24, 2.45) is 0 Å². The average Bonchev–Trinajstić information content (AvgIpc) is 3.39. The number of carbonyl (C=O) groups excluding carboxylic acids is 1. The van der Waals surface area contributed by atoms with Crippen molar-refractivity contribution in [1.29, 1.82) is 0 Å². The Morgan fingerprint density at radius 2 is 2.00 bits per heavy atom. The van der Waals surface area contributed by atoms with Crippen LogP contribution < -0.4 is 0 Å². The summed E-state index contributed by atoms with van der Waals surface area (Å²) in [5.74, 6) is 0.0194. The monoisotopic (exact) mass is 474 g/mol. The second-order valence-corrected chi connectivity index (χ2v) is 9.31. The Morgan fingerprint density at radius 3 is 2.76 bits per heavy atom. The first-order valence-corrected chi connectivity index (χ1v) is 11.7. The summed E-state index contributed by atoms with van der Waals surface area (Å²) < 4.78 is 2.04. The van der Waals surface area contributed by atoms with Gasteiger partial charge in [-0.25, -0.2) is 4.98 Å². The van der Waals surface area contributed by atoms with Crippen LogP contribution in [0.5, 0.6) is 0 Å². The van der Waals surface area contributed by atoms with Crippen LogP contribution in [0, 0.1) is 6.92 Å². The number of likely N-dealkylation sites (N-methyl/N-ethyl adjacent to an activating group) is 1. The van der Waals surface area contributed by atoms with Crippen LogP contribution in [0.3, 0.4) is 0 Å². The Kier molecular flexibility index (Phi) is 5.98. The van der Waals surface area contributed by atoms with Gasteiger partial charge in [-0.1, -0.05) is 29.8 Å². The van der Waals surface area contributed by atoms with Gasteiger partial charge >= 0.3 is 0 Å². The normalized spacial score (nSPS) is 13.9. The highest BCUT2D eigenvalue weighted by atomic mass is 35.5. The van der Waals surface area contributed by atoms with Crippen molar-refractivity contribution in [3.05, 3.63) is 71.2 Å². The van der Waals surface area contributed by atoms with Crippen molar-refractivity contribution in [3.8, 4) is 22.4 Å². The lowest BCUT2D eigenvalue weighted by atomic mass is 9.95. The fraction of sp³-hybridized carbons (Fsp3) is 0.269. The molecule has 1 N–H and O–H groups in total. The number of hydrogen-bond acceptors (Lipinski definition) is 4. The molecule has 0 bridgehead atoms. The first-order chi connectivity index (χ1) is 16.4. The fourth-order valence-electron chi connectivity index (χ4n) is 4.50. The minimum atomic E-state index is 0.0194. The summed E-state index contributed by atoms with van der Waals surface area (Å²) in [5, 5.41) is 6.76. The van der Waals surface area contributed by atoms with Crippen LogP contribution >= 0.6 is 11.6 Å². The van der Waals surface area contributed by atoms with E-state index in [9.17, 15) is 4.79 Å². The number of benzene rings is 1. The second-order valence-electron chi connectivity index (χ2n) is 8.88. The molecule has 3 aromatic heterocycles. The molecular formula is C26H27ClN6O. The van der Waals surface area contributed by atoms with Crippen molar-refractivity contribution in [3.63, 3.8) is 0 Å². The number of rotatable bonds is 5. The van der Waals surface area contributed by atoms with Gasteiger partial charge in [0.15, 0.2) is 0 Å². The van der Waals surface area contributed by atoms with Crippen LogP contribution in [0.15, 0.2) is 54.9 Å². The number of pyridine rings is 1. The number of aromatic nitrogens is 4. The molecule has 1 aromatic carbocycles. The number of nitrogens with one attached hydrogen (secondary N) is 1. The zero-order chi connectivity index (χ0) is 23.8. The van der Waals surface area contributed by atoms with Gasteiger partial charge in [0.25, 0.3) is 0 Å². The van der Waals surface area contributed by atoms with Gasteiger partial charge in [-0.15, -0.1) is 0 Å². The van der Waals surface area contributed by atoms with Crippen molar-refractivity contribution in [1.82, 2.24) is 29.5 Å². The summed E-state index contributed by atoms with van der Waals surface area (Å²) in [7, 11) is 3.97. The maximum absolute atomic E-state index is 12.9. The van der Waals surface area contributed by atoms with Gasteiger partial charge in [-0.05, 0) is 50.3 Å². The van der Waals surface area contributed by atoms with Crippen molar-refractivity contribution < 1.29 is 4.79 Å². The van der Waals surface area contributed by atoms with Gasteiger partial charge in [0.2, 0.25) is 5.91 Å². The molecule has 0 unspecified atom stereocenters. The molecule has 7 nitrogen and oxygen atoms in total. The Morgan fingerprint density at radius 1 is 1.21 bits per heavy atom. The number of amides is 1. The highest BCUT2D eigenvalue weighted by Gasteiger charge is 2.28. The quantitative estimate of drug-likeness (QED) is 0.432. The summed E-state index contributed by atoms with van der Waals surface area (Å²) >= 11 is 6.16. The molecule has 5 rings (SSSR count). The maximum Gasteiger partial charge on any atom is 0.246 e. The molecule has 4 aromatic rings. The van der Waals surface area contributed by atoms with Crippen LogP contribution in [0.2, 0.25) is 5.02 Å². The van der Waals surface area contributed by atoms with E-state index in [0.29, 0.717) is 24.7 Å². The number of fused-ring (bicyclic) bond motifs is 2. The Balaban J connectivity index is 1.63. The molecule has 8 heteroatoms. The van der Waals surface area contributed by atoms with E-state index < -0.39 is 0 Å². The molecule has 0 atom stereocenters. The fourth-order valence-corrected chi connectivity index (χ4v) is 4.62. The molecule has 0 saturated heterocycles. The molecule has 34 heavy (non-hydrogen) atoms. The zero-order valence-electron chi connectivity index (χ0n) is 19.5. The predicted octanol–water partition coefficient (Wildman–Crippen LogP) is 4.52. The number of H-pyrrole nitrogens is 1. The number of nitrogens with zero attached hydrogens (tertiary/aromatic N) is 5. The van der Waals surface area contributed by atoms with Crippen LogP contribution in [-0.4, -0.2) is 62.6 Å². The third-order valence-corrected chi connectivity index (χ3v) is 6.43. The van der Waals surface area contributed by atoms with E-state index in [0.717, 1.165) is 51.2 Å². The van der Waals surface area contributed by atoms with Gasteiger partial charge in [0.1, 0.15) is 11.3 Å². The second kappa shape index (κ2) is 9.08. The zero-order valence-corrected chi connectivity index (χ0v) is 20.3. The van der Waals surface area contributed by atoms with E-state index >= 15 is 0 Å². The van der Waals surface area contributed by atoms with E-state index in [-0.39, 0.29) is 5.91 Å². The lowest BCUT2D eigenvalue weighted by Gasteiger charge is -2.27. The molecule has 0 saturated carbocycles. The number of carbonyl (C=O) groups is 1. The number of aryl methyl sites for hydroxylation is 1. The van der Waals surface area contributed by atoms with Crippen LogP contribution in [0.25, 0.3) is 33.4 Å². The van der Waals surface area contributed by atoms with Gasteiger partial charge in [0, 0.05) is 53.1 Å². The first-order valence-electron chi connectivity index (χ1n) is 11.3. The van der Waals surface area contributed by atoms with E-state index in [2.05, 4.69) is 16.9 Å². The van der Waals surface area contributed by atoms with Crippen molar-refractivity contribution in [2.75, 3.05) is 27.2 Å². The average molecular weight is 475 g/mol. The van der Waals surface area contributed by atoms with Crippen LogP contribution in [0.1, 0.15) is 11.3 Å². The summed E-state index contributed by atoms with van der Waals surface area (Å²) in [6, 6.07) is 9.80. The molecule has 174 valence electrons. The Bertz CT molecular complexity index is 1380. The third-order valence-electron chi connectivity index (χ3n) is 6.18. The highest BCUT2D eigenvalue weighted by Crippen LogP contribution is 2.40. The van der Waals surface area contributed by atoms with Crippen molar-refractivity contribution in [2.45, 2.75) is 20.0 Å². The van der Waals surface area contributed by atoms with Crippen LogP contribution in [0.4, 0.5) is 0 Å². The number of halogens is 1. The first kappa shape index (κ1) is 22.4. The van der Waals surface area contributed by atoms with Gasteiger partial charge in [-0.2, -0.15) is 5.10 Å². The van der Waals surface area contributed by atoms with Crippen molar-refractivity contribution >= 4 is 28.5 Å². The molecule has 0 spiro atoms. The lowest BCUT2D eigenvalue weighted by molar-refractivity contribution is -0.127. The van der Waals surface area contributed by atoms with E-state index in [1.165, 1.54) is 0 Å². The molecule has 4 heterocycles. The van der Waals surface area contributed by atoms with Crippen LogP contribution in [-0.2, 0) is 17.9 Å². The molecule has 1 aliphatic rings. The lowest BCUT2D eigenvalue weighted by Crippen LogP contribution is -2.37. The number of aromatic amines is 1. The highest BCUT2D eigenvalue weighted by molar-refractivity contribution is 6.30. The van der Waals surface area contributed by atoms with E-state index in [1.807, 2.05) is 77.4 Å². The van der Waals surface area contributed by atoms with E-state index in [4.69, 9.17) is 16.7 Å². The van der Waals surface area contributed by atoms with E-state index in [1.54, 1.807) is 6.08 Å². The minimum absolute atomic E-state index is 0.0194. The summed E-state index contributed by atoms with van der Waals surface area (Å²) in [6.45, 7) is 4.56. The third kappa shape index (κ3) is 4.13. The molecule has 0 aliphatic carbocycles. The summed E-state index contributed by atoms with van der Waals surface area (Å²) in [4.78, 5) is 24.6. The summed E-state index contributed by atoms with van der Waals surface area (Å²) in [6.07, 6.45) is 7.38. The van der Waals surface area contributed by atoms with Gasteiger partial charge in [0.05, 0.1) is 18.8 Å². The SMILES string of the molecule is Cc1c[nH]c2nccc(-c3c(-c4ccc(Cl)cc4)nn4c3CN(C(=O)/C=C/CN(C)C)CC4)c12. The molecular weight excluding hydrogens is 448 g/mol.